The Morgan fingerprint density at radius 2 is 2.25 bits per heavy atom. The van der Waals surface area contributed by atoms with Crippen molar-refractivity contribution < 1.29 is 9.90 Å². The third-order valence-electron chi connectivity index (χ3n) is 2.38. The maximum Gasteiger partial charge on any atom is 0.336 e. The van der Waals surface area contributed by atoms with Crippen molar-refractivity contribution in [2.24, 2.45) is 0 Å². The first kappa shape index (κ1) is 11.1. The number of aromatic amines is 1. The van der Waals surface area contributed by atoms with Gasteiger partial charge in [-0.05, 0) is 21.8 Å². The number of nitrogens with zero attached hydrogens (tertiary/aromatic N) is 2. The van der Waals surface area contributed by atoms with Crippen molar-refractivity contribution in [3.05, 3.63) is 21.9 Å². The highest BCUT2D eigenvalue weighted by molar-refractivity contribution is 9.10. The van der Waals surface area contributed by atoms with Crippen LogP contribution in [0.5, 0.6) is 0 Å². The Kier molecular flexibility index (Phi) is 2.67. The van der Waals surface area contributed by atoms with Crippen LogP contribution in [-0.2, 0) is 0 Å². The SMILES string of the molecule is CC(C)c1c(Br)nc2[nH]ncc2c1C(=O)O. The molecule has 5 nitrogen and oxygen atoms in total. The monoisotopic (exact) mass is 283 g/mol. The smallest absolute Gasteiger partial charge is 0.336 e. The quantitative estimate of drug-likeness (QED) is 0.830. The lowest BCUT2D eigenvalue weighted by Gasteiger charge is -2.11. The average Bonchev–Trinajstić information content (AvgIpc) is 2.61. The van der Waals surface area contributed by atoms with E-state index in [1.165, 1.54) is 6.20 Å². The molecule has 16 heavy (non-hydrogen) atoms. The lowest BCUT2D eigenvalue weighted by atomic mass is 9.97. The number of halogens is 1. The van der Waals surface area contributed by atoms with E-state index in [1.54, 1.807) is 0 Å². The van der Waals surface area contributed by atoms with Gasteiger partial charge in [0, 0.05) is 5.56 Å². The minimum absolute atomic E-state index is 0.0762. The Balaban J connectivity index is 2.90. The largest absolute Gasteiger partial charge is 0.478 e. The van der Waals surface area contributed by atoms with Crippen LogP contribution in [0.25, 0.3) is 11.0 Å². The molecule has 0 aliphatic rings. The molecule has 0 spiro atoms. The number of pyridine rings is 1. The second-order valence-electron chi connectivity index (χ2n) is 3.78. The van der Waals surface area contributed by atoms with Gasteiger partial charge in [-0.3, -0.25) is 5.10 Å². The summed E-state index contributed by atoms with van der Waals surface area (Å²) in [6.45, 7) is 3.86. The molecule has 84 valence electrons. The molecule has 0 aliphatic heterocycles. The molecule has 2 N–H and O–H groups in total. The van der Waals surface area contributed by atoms with E-state index in [2.05, 4.69) is 31.1 Å². The van der Waals surface area contributed by atoms with Crippen LogP contribution in [0.3, 0.4) is 0 Å². The molecule has 2 rings (SSSR count). The zero-order chi connectivity index (χ0) is 11.9. The number of nitrogens with one attached hydrogen (secondary N) is 1. The maximum atomic E-state index is 11.3. The highest BCUT2D eigenvalue weighted by Crippen LogP contribution is 2.31. The fraction of sp³-hybridized carbons (Fsp3) is 0.300. The normalized spacial score (nSPS) is 11.2. The fourth-order valence-corrected chi connectivity index (χ4v) is 2.54. The van der Waals surface area contributed by atoms with Crippen LogP contribution in [0.2, 0.25) is 0 Å². The number of rotatable bonds is 2. The molecular formula is C10H10BrN3O2. The molecule has 0 unspecified atom stereocenters. The third kappa shape index (κ3) is 1.59. The van der Waals surface area contributed by atoms with Crippen molar-refractivity contribution in [3.63, 3.8) is 0 Å². The van der Waals surface area contributed by atoms with E-state index < -0.39 is 5.97 Å². The maximum absolute atomic E-state index is 11.3. The molecule has 2 heterocycles. The van der Waals surface area contributed by atoms with Gasteiger partial charge in [-0.15, -0.1) is 0 Å². The summed E-state index contributed by atoms with van der Waals surface area (Å²) < 4.78 is 0.552. The number of fused-ring (bicyclic) bond motifs is 1. The van der Waals surface area contributed by atoms with Crippen LogP contribution in [0, 0.1) is 0 Å². The van der Waals surface area contributed by atoms with Gasteiger partial charge in [0.1, 0.15) is 4.60 Å². The number of carboxylic acid groups (broad SMARTS) is 1. The van der Waals surface area contributed by atoms with Crippen LogP contribution in [0.4, 0.5) is 0 Å². The van der Waals surface area contributed by atoms with Crippen LogP contribution < -0.4 is 0 Å². The van der Waals surface area contributed by atoms with Crippen molar-refractivity contribution >= 4 is 32.9 Å². The van der Waals surface area contributed by atoms with E-state index in [0.717, 1.165) is 0 Å². The second-order valence-corrected chi connectivity index (χ2v) is 4.53. The molecule has 0 atom stereocenters. The van der Waals surface area contributed by atoms with Crippen LogP contribution in [-0.4, -0.2) is 26.3 Å². The van der Waals surface area contributed by atoms with E-state index >= 15 is 0 Å². The molecule has 0 saturated carbocycles. The van der Waals surface area contributed by atoms with Gasteiger partial charge in [-0.25, -0.2) is 9.78 Å². The number of H-pyrrole nitrogens is 1. The van der Waals surface area contributed by atoms with Gasteiger partial charge in [0.25, 0.3) is 0 Å². The molecule has 0 saturated heterocycles. The summed E-state index contributed by atoms with van der Waals surface area (Å²) in [6, 6.07) is 0. The number of carbonyl (C=O) groups is 1. The first-order valence-electron chi connectivity index (χ1n) is 4.78. The molecule has 0 aliphatic carbocycles. The lowest BCUT2D eigenvalue weighted by Crippen LogP contribution is -2.07. The van der Waals surface area contributed by atoms with Crippen molar-refractivity contribution in [2.45, 2.75) is 19.8 Å². The first-order valence-corrected chi connectivity index (χ1v) is 5.57. The summed E-state index contributed by atoms with van der Waals surface area (Å²) in [5.74, 6) is -0.884. The van der Waals surface area contributed by atoms with Gasteiger partial charge >= 0.3 is 5.97 Å². The number of aromatic nitrogens is 3. The van der Waals surface area contributed by atoms with E-state index in [9.17, 15) is 9.90 Å². The highest BCUT2D eigenvalue weighted by atomic mass is 79.9. The van der Waals surface area contributed by atoms with E-state index in [0.29, 0.717) is 21.2 Å². The van der Waals surface area contributed by atoms with Crippen LogP contribution >= 0.6 is 15.9 Å². The van der Waals surface area contributed by atoms with Gasteiger partial charge in [0.2, 0.25) is 0 Å². The van der Waals surface area contributed by atoms with Crippen LogP contribution in [0.15, 0.2) is 10.8 Å². The third-order valence-corrected chi connectivity index (χ3v) is 2.99. The summed E-state index contributed by atoms with van der Waals surface area (Å²) in [5, 5.41) is 16.3. The Bertz CT molecular complexity index is 562. The Hall–Kier alpha value is -1.43. The zero-order valence-electron chi connectivity index (χ0n) is 8.78. The van der Waals surface area contributed by atoms with Crippen molar-refractivity contribution in [2.75, 3.05) is 0 Å². The minimum Gasteiger partial charge on any atom is -0.478 e. The van der Waals surface area contributed by atoms with E-state index in [4.69, 9.17) is 0 Å². The van der Waals surface area contributed by atoms with Gasteiger partial charge < -0.3 is 5.11 Å². The van der Waals surface area contributed by atoms with E-state index in [1.807, 2.05) is 13.8 Å². The first-order chi connectivity index (χ1) is 7.52. The zero-order valence-corrected chi connectivity index (χ0v) is 10.4. The molecule has 2 aromatic rings. The minimum atomic E-state index is -0.960. The average molecular weight is 284 g/mol. The molecule has 6 heteroatoms. The Morgan fingerprint density at radius 1 is 1.56 bits per heavy atom. The lowest BCUT2D eigenvalue weighted by molar-refractivity contribution is 0.0697. The molecule has 0 amide bonds. The number of hydrogen-bond donors (Lipinski definition) is 2. The molecule has 0 bridgehead atoms. The fourth-order valence-electron chi connectivity index (χ4n) is 1.71. The van der Waals surface area contributed by atoms with Crippen molar-refractivity contribution in [1.82, 2.24) is 15.2 Å². The summed E-state index contributed by atoms with van der Waals surface area (Å²) in [5.41, 5.74) is 1.44. The molecule has 0 radical (unpaired) electrons. The summed E-state index contributed by atoms with van der Waals surface area (Å²) in [4.78, 5) is 15.5. The molecule has 2 aromatic heterocycles. The van der Waals surface area contributed by atoms with Gasteiger partial charge in [-0.2, -0.15) is 5.10 Å². The number of carboxylic acids is 1. The van der Waals surface area contributed by atoms with Gasteiger partial charge in [0.05, 0.1) is 17.1 Å². The number of aromatic carboxylic acids is 1. The van der Waals surface area contributed by atoms with Crippen molar-refractivity contribution in [1.29, 1.82) is 0 Å². The van der Waals surface area contributed by atoms with E-state index in [-0.39, 0.29) is 11.5 Å². The molecular weight excluding hydrogens is 274 g/mol. The standard InChI is InChI=1S/C10H10BrN3O2/c1-4(2)6-7(10(15)16)5-3-12-14-9(5)13-8(6)11/h3-4H,1-2H3,(H,15,16)(H,12,13,14). The topological polar surface area (TPSA) is 78.9 Å². The Labute approximate surface area is 100 Å². The van der Waals surface area contributed by atoms with Crippen LogP contribution in [0.1, 0.15) is 35.7 Å². The van der Waals surface area contributed by atoms with Crippen molar-refractivity contribution in [3.8, 4) is 0 Å². The molecule has 0 fully saturated rings. The summed E-state index contributed by atoms with van der Waals surface area (Å²) >= 11 is 3.30. The predicted molar refractivity (Wildman–Crippen MR) is 62.6 cm³/mol. The highest BCUT2D eigenvalue weighted by Gasteiger charge is 2.21. The van der Waals surface area contributed by atoms with Gasteiger partial charge in [-0.1, -0.05) is 13.8 Å². The summed E-state index contributed by atoms with van der Waals surface area (Å²) in [6.07, 6.45) is 1.49. The summed E-state index contributed by atoms with van der Waals surface area (Å²) in [7, 11) is 0. The van der Waals surface area contributed by atoms with Gasteiger partial charge in [0.15, 0.2) is 5.65 Å². The second kappa shape index (κ2) is 3.86. The Morgan fingerprint density at radius 3 is 2.81 bits per heavy atom. The predicted octanol–water partition coefficient (Wildman–Crippen LogP) is 2.54. The number of hydrogen-bond acceptors (Lipinski definition) is 3. The molecule has 0 aromatic carbocycles.